The summed E-state index contributed by atoms with van der Waals surface area (Å²) in [4.78, 5) is 34.6. The summed E-state index contributed by atoms with van der Waals surface area (Å²) >= 11 is 0. The van der Waals surface area contributed by atoms with E-state index in [0.29, 0.717) is 11.5 Å². The predicted octanol–water partition coefficient (Wildman–Crippen LogP) is 1.61. The van der Waals surface area contributed by atoms with Crippen LogP contribution in [0.3, 0.4) is 0 Å². The third-order valence-corrected chi connectivity index (χ3v) is 3.56. The SMILES string of the molecule is Cc1noc(C)c1COc1ccccc1C(=O)O[C@@H](C)C(=O)NC(N)=O. The Labute approximate surface area is 149 Å². The van der Waals surface area contributed by atoms with E-state index in [2.05, 4.69) is 5.16 Å². The van der Waals surface area contributed by atoms with Gasteiger partial charge in [-0.05, 0) is 32.9 Å². The number of rotatable bonds is 6. The molecule has 2 aromatic rings. The second-order valence-corrected chi connectivity index (χ2v) is 5.49. The van der Waals surface area contributed by atoms with Crippen molar-refractivity contribution < 1.29 is 28.4 Å². The standard InChI is InChI=1S/C17H19N3O6/c1-9-13(10(2)26-20-9)8-24-14-7-5-4-6-12(14)16(22)25-11(3)15(21)19-17(18)23/h4-7,11H,8H2,1-3H3,(H3,18,19,21,23)/t11-/m0/s1. The highest BCUT2D eigenvalue weighted by Crippen LogP contribution is 2.22. The molecule has 3 N–H and O–H groups in total. The zero-order valence-electron chi connectivity index (χ0n) is 14.6. The molecule has 0 radical (unpaired) electrons. The Morgan fingerprint density at radius 2 is 1.96 bits per heavy atom. The highest BCUT2D eigenvalue weighted by molar-refractivity contribution is 5.98. The summed E-state index contributed by atoms with van der Waals surface area (Å²) in [6, 6.07) is 5.41. The van der Waals surface area contributed by atoms with Crippen LogP contribution in [0.25, 0.3) is 0 Å². The van der Waals surface area contributed by atoms with Crippen LogP contribution in [-0.2, 0) is 16.1 Å². The van der Waals surface area contributed by atoms with Crippen molar-refractivity contribution in [2.24, 2.45) is 5.73 Å². The van der Waals surface area contributed by atoms with Crippen LogP contribution in [0, 0.1) is 13.8 Å². The molecule has 26 heavy (non-hydrogen) atoms. The van der Waals surface area contributed by atoms with Crippen LogP contribution < -0.4 is 15.8 Å². The number of esters is 1. The van der Waals surface area contributed by atoms with Crippen molar-refractivity contribution in [1.29, 1.82) is 0 Å². The van der Waals surface area contributed by atoms with Crippen LogP contribution in [0.1, 0.15) is 34.3 Å². The van der Waals surface area contributed by atoms with E-state index in [4.69, 9.17) is 19.7 Å². The smallest absolute Gasteiger partial charge is 0.342 e. The zero-order valence-corrected chi connectivity index (χ0v) is 14.6. The van der Waals surface area contributed by atoms with Gasteiger partial charge in [-0.3, -0.25) is 10.1 Å². The molecule has 1 atom stereocenters. The Balaban J connectivity index is 2.09. The molecule has 0 saturated heterocycles. The van der Waals surface area contributed by atoms with Gasteiger partial charge in [0.1, 0.15) is 23.7 Å². The molecule has 1 aromatic carbocycles. The van der Waals surface area contributed by atoms with E-state index in [1.54, 1.807) is 32.0 Å². The molecule has 0 bridgehead atoms. The molecule has 9 heteroatoms. The Hall–Kier alpha value is -3.36. The summed E-state index contributed by atoms with van der Waals surface area (Å²) in [7, 11) is 0. The van der Waals surface area contributed by atoms with Gasteiger partial charge < -0.3 is 19.7 Å². The number of aryl methyl sites for hydroxylation is 2. The van der Waals surface area contributed by atoms with E-state index >= 15 is 0 Å². The minimum Gasteiger partial charge on any atom is -0.488 e. The number of aromatic nitrogens is 1. The molecule has 3 amide bonds. The molecule has 9 nitrogen and oxygen atoms in total. The predicted molar refractivity (Wildman–Crippen MR) is 89.4 cm³/mol. The number of benzene rings is 1. The van der Waals surface area contributed by atoms with Crippen molar-refractivity contribution in [2.75, 3.05) is 0 Å². The lowest BCUT2D eigenvalue weighted by Gasteiger charge is -2.14. The van der Waals surface area contributed by atoms with E-state index in [1.165, 1.54) is 13.0 Å². The number of amides is 3. The van der Waals surface area contributed by atoms with Crippen LogP contribution in [0.15, 0.2) is 28.8 Å². The topological polar surface area (TPSA) is 134 Å². The fourth-order valence-corrected chi connectivity index (χ4v) is 2.12. The molecule has 0 spiro atoms. The number of hydrogen-bond acceptors (Lipinski definition) is 7. The summed E-state index contributed by atoms with van der Waals surface area (Å²) in [6.07, 6.45) is -1.20. The normalized spacial score (nSPS) is 11.5. The maximum atomic E-state index is 12.3. The molecule has 1 aromatic heterocycles. The molecule has 0 fully saturated rings. The summed E-state index contributed by atoms with van der Waals surface area (Å²) in [5.74, 6) is -0.689. The Morgan fingerprint density at radius 1 is 1.27 bits per heavy atom. The number of primary amides is 1. The van der Waals surface area contributed by atoms with Crippen LogP contribution in [0.2, 0.25) is 0 Å². The number of carbonyl (C=O) groups is 3. The van der Waals surface area contributed by atoms with E-state index in [1.807, 2.05) is 5.32 Å². The first-order valence-electron chi connectivity index (χ1n) is 7.74. The molecular weight excluding hydrogens is 342 g/mol. The van der Waals surface area contributed by atoms with Gasteiger partial charge in [0.05, 0.1) is 11.3 Å². The van der Waals surface area contributed by atoms with Crippen molar-refractivity contribution in [1.82, 2.24) is 10.5 Å². The van der Waals surface area contributed by atoms with Crippen molar-refractivity contribution in [3.05, 3.63) is 46.8 Å². The highest BCUT2D eigenvalue weighted by atomic mass is 16.5. The monoisotopic (exact) mass is 361 g/mol. The Morgan fingerprint density at radius 3 is 2.58 bits per heavy atom. The zero-order chi connectivity index (χ0) is 19.3. The fourth-order valence-electron chi connectivity index (χ4n) is 2.12. The van der Waals surface area contributed by atoms with Gasteiger partial charge in [-0.2, -0.15) is 0 Å². The molecule has 2 rings (SSSR count). The summed E-state index contributed by atoms with van der Waals surface area (Å²) in [6.45, 7) is 5.03. The second kappa shape index (κ2) is 8.15. The average Bonchev–Trinajstić information content (AvgIpc) is 2.90. The minimum absolute atomic E-state index is 0.137. The first-order chi connectivity index (χ1) is 12.3. The first kappa shape index (κ1) is 19.0. The van der Waals surface area contributed by atoms with Crippen LogP contribution >= 0.6 is 0 Å². The van der Waals surface area contributed by atoms with Gasteiger partial charge in [0, 0.05) is 0 Å². The maximum Gasteiger partial charge on any atom is 0.342 e. The lowest BCUT2D eigenvalue weighted by Crippen LogP contribution is -2.42. The van der Waals surface area contributed by atoms with E-state index < -0.39 is 24.0 Å². The van der Waals surface area contributed by atoms with Crippen LogP contribution in [-0.4, -0.2) is 29.2 Å². The van der Waals surface area contributed by atoms with Gasteiger partial charge in [0.2, 0.25) is 0 Å². The summed E-state index contributed by atoms with van der Waals surface area (Å²) < 4.78 is 15.8. The lowest BCUT2D eigenvalue weighted by molar-refractivity contribution is -0.127. The Kier molecular flexibility index (Phi) is 5.94. The van der Waals surface area contributed by atoms with Gasteiger partial charge in [-0.25, -0.2) is 9.59 Å². The second-order valence-electron chi connectivity index (χ2n) is 5.49. The number of para-hydroxylation sites is 1. The number of hydrogen-bond donors (Lipinski definition) is 2. The summed E-state index contributed by atoms with van der Waals surface area (Å²) in [5.41, 5.74) is 6.47. The molecule has 0 aliphatic rings. The maximum absolute atomic E-state index is 12.3. The van der Waals surface area contributed by atoms with Crippen molar-refractivity contribution in [3.63, 3.8) is 0 Å². The van der Waals surface area contributed by atoms with Gasteiger partial charge >= 0.3 is 12.0 Å². The van der Waals surface area contributed by atoms with Crippen molar-refractivity contribution in [3.8, 4) is 5.75 Å². The molecular formula is C17H19N3O6. The molecule has 1 heterocycles. The number of urea groups is 1. The number of carbonyl (C=O) groups excluding carboxylic acids is 3. The number of nitrogens with one attached hydrogen (secondary N) is 1. The summed E-state index contributed by atoms with van der Waals surface area (Å²) in [5, 5.41) is 5.68. The molecule has 138 valence electrons. The third-order valence-electron chi connectivity index (χ3n) is 3.56. The molecule has 0 unspecified atom stereocenters. The van der Waals surface area contributed by atoms with E-state index in [9.17, 15) is 14.4 Å². The number of nitrogens with zero attached hydrogens (tertiary/aromatic N) is 1. The number of imide groups is 1. The van der Waals surface area contributed by atoms with Gasteiger partial charge in [-0.15, -0.1) is 0 Å². The highest BCUT2D eigenvalue weighted by Gasteiger charge is 2.22. The molecule has 0 aliphatic heterocycles. The average molecular weight is 361 g/mol. The van der Waals surface area contributed by atoms with Crippen molar-refractivity contribution in [2.45, 2.75) is 33.5 Å². The minimum atomic E-state index is -1.20. The van der Waals surface area contributed by atoms with E-state index in [-0.39, 0.29) is 17.9 Å². The fraction of sp³-hybridized carbons (Fsp3) is 0.294. The third kappa shape index (κ3) is 4.59. The first-order valence-corrected chi connectivity index (χ1v) is 7.74. The molecule has 0 saturated carbocycles. The number of nitrogens with two attached hydrogens (primary N) is 1. The van der Waals surface area contributed by atoms with Crippen LogP contribution in [0.5, 0.6) is 5.75 Å². The van der Waals surface area contributed by atoms with Gasteiger partial charge in [0.25, 0.3) is 5.91 Å². The Bertz CT molecular complexity index is 810. The molecule has 0 aliphatic carbocycles. The van der Waals surface area contributed by atoms with Gasteiger partial charge in [0.15, 0.2) is 6.10 Å². The quantitative estimate of drug-likeness (QED) is 0.746. The van der Waals surface area contributed by atoms with Crippen LogP contribution in [0.4, 0.5) is 4.79 Å². The van der Waals surface area contributed by atoms with Crippen molar-refractivity contribution >= 4 is 17.9 Å². The van der Waals surface area contributed by atoms with E-state index in [0.717, 1.165) is 5.56 Å². The van der Waals surface area contributed by atoms with Gasteiger partial charge in [-0.1, -0.05) is 17.3 Å². The largest absolute Gasteiger partial charge is 0.488 e. The number of ether oxygens (including phenoxy) is 2. The lowest BCUT2D eigenvalue weighted by atomic mass is 10.2.